The predicted molar refractivity (Wildman–Crippen MR) is 89.4 cm³/mol. The van der Waals surface area contributed by atoms with Crippen molar-refractivity contribution in [2.24, 2.45) is 11.7 Å². The van der Waals surface area contributed by atoms with Crippen LogP contribution in [0.4, 0.5) is 0 Å². The average molecular weight is 293 g/mol. The first kappa shape index (κ1) is 15.8. The van der Waals surface area contributed by atoms with E-state index < -0.39 is 0 Å². The van der Waals surface area contributed by atoms with Crippen molar-refractivity contribution in [2.75, 3.05) is 32.7 Å². The molecule has 2 atom stereocenters. The zero-order valence-corrected chi connectivity index (χ0v) is 14.0. The molecule has 0 bridgehead atoms. The molecule has 0 spiro atoms. The van der Waals surface area contributed by atoms with E-state index in [9.17, 15) is 0 Å². The average Bonchev–Trinajstić information content (AvgIpc) is 2.48. The van der Waals surface area contributed by atoms with Crippen molar-refractivity contribution < 1.29 is 0 Å². The molecule has 21 heavy (non-hydrogen) atoms. The molecule has 2 N–H and O–H groups in total. The first-order valence-electron chi connectivity index (χ1n) is 9.40. The molecular formula is C18H35N3. The van der Waals surface area contributed by atoms with Crippen LogP contribution in [0.15, 0.2) is 0 Å². The van der Waals surface area contributed by atoms with Crippen LogP contribution in [-0.2, 0) is 0 Å². The second-order valence-electron chi connectivity index (χ2n) is 8.17. The molecule has 2 aliphatic heterocycles. The van der Waals surface area contributed by atoms with Crippen LogP contribution >= 0.6 is 0 Å². The summed E-state index contributed by atoms with van der Waals surface area (Å²) in [6, 6.07) is 0.862. The molecule has 3 rings (SSSR count). The van der Waals surface area contributed by atoms with E-state index in [0.717, 1.165) is 18.5 Å². The van der Waals surface area contributed by atoms with Gasteiger partial charge in [0, 0.05) is 18.1 Å². The Morgan fingerprint density at radius 3 is 2.33 bits per heavy atom. The Kier molecular flexibility index (Phi) is 5.23. The van der Waals surface area contributed by atoms with Crippen LogP contribution < -0.4 is 5.73 Å². The lowest BCUT2D eigenvalue weighted by Crippen LogP contribution is -2.55. The van der Waals surface area contributed by atoms with Crippen molar-refractivity contribution in [2.45, 2.75) is 76.3 Å². The Balaban J connectivity index is 1.45. The second kappa shape index (κ2) is 6.97. The van der Waals surface area contributed by atoms with Gasteiger partial charge in [0.05, 0.1) is 0 Å². The molecule has 0 aromatic rings. The molecule has 0 amide bonds. The number of hydrogen-bond donors (Lipinski definition) is 1. The summed E-state index contributed by atoms with van der Waals surface area (Å²) < 4.78 is 0. The summed E-state index contributed by atoms with van der Waals surface area (Å²) in [7, 11) is 0. The molecule has 3 nitrogen and oxygen atoms in total. The summed E-state index contributed by atoms with van der Waals surface area (Å²) >= 11 is 0. The zero-order valence-electron chi connectivity index (χ0n) is 14.0. The molecule has 3 aliphatic rings. The standard InChI is InChI=1S/C18H35N3/c1-16-6-5-9-18(19,14-16)15-20-12-7-17(8-13-20)21-10-3-2-4-11-21/h16-17H,2-15,19H2,1H3. The fourth-order valence-corrected chi connectivity index (χ4v) is 5.02. The SMILES string of the molecule is CC1CCCC(N)(CN2CCC(N3CCCCC3)CC2)C1. The third kappa shape index (κ3) is 4.20. The monoisotopic (exact) mass is 293 g/mol. The molecule has 0 radical (unpaired) electrons. The first-order valence-corrected chi connectivity index (χ1v) is 9.40. The van der Waals surface area contributed by atoms with Gasteiger partial charge in [0.15, 0.2) is 0 Å². The number of rotatable bonds is 3. The summed E-state index contributed by atoms with van der Waals surface area (Å²) in [5, 5.41) is 0. The van der Waals surface area contributed by atoms with E-state index >= 15 is 0 Å². The topological polar surface area (TPSA) is 32.5 Å². The van der Waals surface area contributed by atoms with Gasteiger partial charge in [-0.2, -0.15) is 0 Å². The normalized spacial score (nSPS) is 37.7. The van der Waals surface area contributed by atoms with Crippen LogP contribution in [0.3, 0.4) is 0 Å². The van der Waals surface area contributed by atoms with Gasteiger partial charge in [-0.15, -0.1) is 0 Å². The highest BCUT2D eigenvalue weighted by Crippen LogP contribution is 2.32. The number of nitrogens with zero attached hydrogens (tertiary/aromatic N) is 2. The van der Waals surface area contributed by atoms with Crippen molar-refractivity contribution in [1.29, 1.82) is 0 Å². The van der Waals surface area contributed by atoms with Crippen LogP contribution in [0.25, 0.3) is 0 Å². The van der Waals surface area contributed by atoms with Gasteiger partial charge in [0.25, 0.3) is 0 Å². The van der Waals surface area contributed by atoms with Gasteiger partial charge >= 0.3 is 0 Å². The van der Waals surface area contributed by atoms with Crippen molar-refractivity contribution in [1.82, 2.24) is 9.80 Å². The van der Waals surface area contributed by atoms with Crippen LogP contribution in [0.2, 0.25) is 0 Å². The molecule has 2 saturated heterocycles. The van der Waals surface area contributed by atoms with Crippen LogP contribution in [0.5, 0.6) is 0 Å². The highest BCUT2D eigenvalue weighted by Gasteiger charge is 2.34. The molecular weight excluding hydrogens is 258 g/mol. The molecule has 3 heteroatoms. The van der Waals surface area contributed by atoms with Gasteiger partial charge < -0.3 is 15.5 Å². The van der Waals surface area contributed by atoms with Crippen molar-refractivity contribution >= 4 is 0 Å². The molecule has 2 heterocycles. The van der Waals surface area contributed by atoms with Crippen LogP contribution in [0.1, 0.15) is 64.7 Å². The van der Waals surface area contributed by atoms with E-state index in [4.69, 9.17) is 5.73 Å². The van der Waals surface area contributed by atoms with E-state index in [1.165, 1.54) is 84.0 Å². The van der Waals surface area contributed by atoms with Crippen LogP contribution in [0, 0.1) is 5.92 Å². The smallest absolute Gasteiger partial charge is 0.0285 e. The number of piperidine rings is 2. The van der Waals surface area contributed by atoms with Crippen molar-refractivity contribution in [3.63, 3.8) is 0 Å². The Morgan fingerprint density at radius 1 is 0.952 bits per heavy atom. The van der Waals surface area contributed by atoms with Crippen molar-refractivity contribution in [3.05, 3.63) is 0 Å². The predicted octanol–water partition coefficient (Wildman–Crippen LogP) is 2.84. The lowest BCUT2D eigenvalue weighted by Gasteiger charge is -2.44. The minimum absolute atomic E-state index is 0.107. The minimum atomic E-state index is 0.107. The van der Waals surface area contributed by atoms with E-state index in [0.29, 0.717) is 0 Å². The fourth-order valence-electron chi connectivity index (χ4n) is 5.02. The molecule has 2 unspecified atom stereocenters. The molecule has 1 saturated carbocycles. The second-order valence-corrected chi connectivity index (χ2v) is 8.17. The number of nitrogens with two attached hydrogens (primary N) is 1. The number of likely N-dealkylation sites (tertiary alicyclic amines) is 2. The van der Waals surface area contributed by atoms with Gasteiger partial charge in [-0.25, -0.2) is 0 Å². The molecule has 3 fully saturated rings. The quantitative estimate of drug-likeness (QED) is 0.868. The summed E-state index contributed by atoms with van der Waals surface area (Å²) in [4.78, 5) is 5.43. The zero-order chi connectivity index (χ0) is 14.7. The fraction of sp³-hybridized carbons (Fsp3) is 1.00. The lowest BCUT2D eigenvalue weighted by molar-refractivity contribution is 0.0717. The first-order chi connectivity index (χ1) is 10.1. The highest BCUT2D eigenvalue weighted by atomic mass is 15.2. The Morgan fingerprint density at radius 2 is 1.67 bits per heavy atom. The Hall–Kier alpha value is -0.120. The van der Waals surface area contributed by atoms with E-state index in [1.54, 1.807) is 0 Å². The Labute approximate surface area is 131 Å². The summed E-state index contributed by atoms with van der Waals surface area (Å²) in [5.74, 6) is 0.828. The largest absolute Gasteiger partial charge is 0.324 e. The van der Waals surface area contributed by atoms with Gasteiger partial charge in [-0.1, -0.05) is 26.2 Å². The minimum Gasteiger partial charge on any atom is -0.324 e. The van der Waals surface area contributed by atoms with Gasteiger partial charge in [0.2, 0.25) is 0 Å². The number of hydrogen-bond acceptors (Lipinski definition) is 3. The third-order valence-corrected chi connectivity index (χ3v) is 6.13. The highest BCUT2D eigenvalue weighted by molar-refractivity contribution is 4.94. The van der Waals surface area contributed by atoms with Gasteiger partial charge in [-0.3, -0.25) is 0 Å². The van der Waals surface area contributed by atoms with Gasteiger partial charge in [-0.05, 0) is 70.6 Å². The molecule has 1 aliphatic carbocycles. The molecule has 122 valence electrons. The molecule has 0 aromatic carbocycles. The van der Waals surface area contributed by atoms with Crippen molar-refractivity contribution in [3.8, 4) is 0 Å². The summed E-state index contributed by atoms with van der Waals surface area (Å²) in [5.41, 5.74) is 6.81. The van der Waals surface area contributed by atoms with E-state index in [2.05, 4.69) is 16.7 Å². The summed E-state index contributed by atoms with van der Waals surface area (Å²) in [6.07, 6.45) is 12.2. The maximum Gasteiger partial charge on any atom is 0.0285 e. The van der Waals surface area contributed by atoms with Crippen LogP contribution in [-0.4, -0.2) is 54.1 Å². The van der Waals surface area contributed by atoms with E-state index in [-0.39, 0.29) is 5.54 Å². The van der Waals surface area contributed by atoms with E-state index in [1.807, 2.05) is 0 Å². The molecule has 0 aromatic heterocycles. The maximum atomic E-state index is 6.71. The lowest BCUT2D eigenvalue weighted by atomic mass is 9.76. The maximum absolute atomic E-state index is 6.71. The van der Waals surface area contributed by atoms with Gasteiger partial charge in [0.1, 0.15) is 0 Å². The summed E-state index contributed by atoms with van der Waals surface area (Å²) in [6.45, 7) is 8.77. The third-order valence-electron chi connectivity index (χ3n) is 6.13. The Bertz CT molecular complexity index is 318.